The van der Waals surface area contributed by atoms with Crippen LogP contribution in [0.4, 0.5) is 0 Å². The minimum absolute atomic E-state index is 0.0255. The predicted molar refractivity (Wildman–Crippen MR) is 96.4 cm³/mol. The van der Waals surface area contributed by atoms with Gasteiger partial charge in [0.2, 0.25) is 5.91 Å². The second-order valence-corrected chi connectivity index (χ2v) is 5.85. The Morgan fingerprint density at radius 2 is 1.62 bits per heavy atom. The summed E-state index contributed by atoms with van der Waals surface area (Å²) in [6, 6.07) is 19.5. The van der Waals surface area contributed by atoms with Gasteiger partial charge in [-0.15, -0.1) is 0 Å². The summed E-state index contributed by atoms with van der Waals surface area (Å²) < 4.78 is 5.78. The molecule has 0 saturated carbocycles. The van der Waals surface area contributed by atoms with Gasteiger partial charge in [0.05, 0.1) is 6.10 Å². The van der Waals surface area contributed by atoms with Gasteiger partial charge in [-0.1, -0.05) is 60.7 Å². The molecule has 2 unspecified atom stereocenters. The van der Waals surface area contributed by atoms with Crippen LogP contribution in [0.1, 0.15) is 43.0 Å². The molecule has 0 aliphatic carbocycles. The Kier molecular flexibility index (Phi) is 7.46. The molecule has 2 atom stereocenters. The molecule has 0 radical (unpaired) electrons. The van der Waals surface area contributed by atoms with Crippen molar-refractivity contribution in [3.8, 4) is 0 Å². The lowest BCUT2D eigenvalue weighted by molar-refractivity contribution is -0.121. The zero-order chi connectivity index (χ0) is 17.2. The molecule has 0 heterocycles. The van der Waals surface area contributed by atoms with E-state index in [0.717, 1.165) is 17.5 Å². The third kappa shape index (κ3) is 6.14. The second kappa shape index (κ2) is 9.85. The van der Waals surface area contributed by atoms with E-state index in [-0.39, 0.29) is 18.1 Å². The lowest BCUT2D eigenvalue weighted by Gasteiger charge is -2.14. The lowest BCUT2D eigenvalue weighted by atomic mass is 10.0. The van der Waals surface area contributed by atoms with Crippen LogP contribution in [-0.4, -0.2) is 19.1 Å². The van der Waals surface area contributed by atoms with Crippen LogP contribution in [0, 0.1) is 0 Å². The molecule has 0 aliphatic heterocycles. The minimum Gasteiger partial charge on any atom is -0.374 e. The summed E-state index contributed by atoms with van der Waals surface area (Å²) in [4.78, 5) is 11.9. The van der Waals surface area contributed by atoms with E-state index in [9.17, 15) is 4.79 Å². The maximum absolute atomic E-state index is 11.9. The van der Waals surface area contributed by atoms with Crippen LogP contribution in [0.5, 0.6) is 0 Å². The summed E-state index contributed by atoms with van der Waals surface area (Å²) >= 11 is 0. The molecule has 0 fully saturated rings. The van der Waals surface area contributed by atoms with Gasteiger partial charge >= 0.3 is 0 Å². The summed E-state index contributed by atoms with van der Waals surface area (Å²) in [5.74, 6) is -0.0255. The Hall–Kier alpha value is -2.17. The third-order valence-corrected chi connectivity index (χ3v) is 3.91. The van der Waals surface area contributed by atoms with Gasteiger partial charge in [-0.05, 0) is 24.5 Å². The molecule has 4 nitrogen and oxygen atoms in total. The minimum atomic E-state index is -0.263. The van der Waals surface area contributed by atoms with Gasteiger partial charge in [0.15, 0.2) is 0 Å². The number of carbonyl (C=O) groups excluding carboxylic acids is 1. The first-order valence-corrected chi connectivity index (χ1v) is 8.40. The van der Waals surface area contributed by atoms with Crippen molar-refractivity contribution < 1.29 is 9.53 Å². The normalized spacial score (nSPS) is 13.2. The lowest BCUT2D eigenvalue weighted by Crippen LogP contribution is -2.28. The molecule has 0 aromatic heterocycles. The van der Waals surface area contributed by atoms with E-state index < -0.39 is 0 Å². The Morgan fingerprint density at radius 3 is 2.25 bits per heavy atom. The highest BCUT2D eigenvalue weighted by molar-refractivity contribution is 5.76. The van der Waals surface area contributed by atoms with Gasteiger partial charge < -0.3 is 15.8 Å². The van der Waals surface area contributed by atoms with E-state index in [2.05, 4.69) is 17.4 Å². The summed E-state index contributed by atoms with van der Waals surface area (Å²) in [5.41, 5.74) is 8.19. The quantitative estimate of drug-likeness (QED) is 0.695. The number of amides is 1. The number of nitrogens with one attached hydrogen (secondary N) is 1. The second-order valence-electron chi connectivity index (χ2n) is 5.85. The molecule has 2 rings (SSSR count). The van der Waals surface area contributed by atoms with Crippen molar-refractivity contribution in [2.24, 2.45) is 5.73 Å². The van der Waals surface area contributed by atoms with Crippen molar-refractivity contribution >= 4 is 5.91 Å². The van der Waals surface area contributed by atoms with Gasteiger partial charge in [-0.2, -0.15) is 0 Å². The summed E-state index contributed by atoms with van der Waals surface area (Å²) in [6.07, 6.45) is 1.14. The maximum atomic E-state index is 11.9. The van der Waals surface area contributed by atoms with Crippen molar-refractivity contribution in [1.29, 1.82) is 0 Å². The molecular weight excluding hydrogens is 300 g/mol. The molecule has 24 heavy (non-hydrogen) atoms. The van der Waals surface area contributed by atoms with E-state index in [1.807, 2.05) is 55.5 Å². The smallest absolute Gasteiger partial charge is 0.221 e. The summed E-state index contributed by atoms with van der Waals surface area (Å²) in [6.45, 7) is 3.25. The van der Waals surface area contributed by atoms with Crippen LogP contribution < -0.4 is 11.1 Å². The summed E-state index contributed by atoms with van der Waals surface area (Å²) in [7, 11) is 0. The van der Waals surface area contributed by atoms with Crippen molar-refractivity contribution in [3.63, 3.8) is 0 Å². The maximum Gasteiger partial charge on any atom is 0.221 e. The SMILES string of the molecule is CC(OCCCNC(=O)CC(N)c1ccccc1)c1ccccc1. The van der Waals surface area contributed by atoms with Crippen molar-refractivity contribution in [3.05, 3.63) is 71.8 Å². The molecule has 128 valence electrons. The van der Waals surface area contributed by atoms with Gasteiger partial charge in [0, 0.05) is 25.6 Å². The largest absolute Gasteiger partial charge is 0.374 e. The van der Waals surface area contributed by atoms with Gasteiger partial charge in [0.25, 0.3) is 0 Å². The Morgan fingerprint density at radius 1 is 1.04 bits per heavy atom. The third-order valence-electron chi connectivity index (χ3n) is 3.91. The number of nitrogens with two attached hydrogens (primary N) is 1. The highest BCUT2D eigenvalue weighted by atomic mass is 16.5. The average molecular weight is 326 g/mol. The number of carbonyl (C=O) groups is 1. The zero-order valence-electron chi connectivity index (χ0n) is 14.2. The fourth-order valence-electron chi connectivity index (χ4n) is 2.47. The molecule has 0 aliphatic rings. The van der Waals surface area contributed by atoms with Gasteiger partial charge in [-0.25, -0.2) is 0 Å². The molecule has 0 spiro atoms. The van der Waals surface area contributed by atoms with Crippen LogP contribution in [0.2, 0.25) is 0 Å². The fourth-order valence-corrected chi connectivity index (χ4v) is 2.47. The molecule has 3 N–H and O–H groups in total. The van der Waals surface area contributed by atoms with Crippen molar-refractivity contribution in [2.45, 2.75) is 31.9 Å². The van der Waals surface area contributed by atoms with Gasteiger partial charge in [0.1, 0.15) is 0 Å². The Bertz CT molecular complexity index is 602. The van der Waals surface area contributed by atoms with Crippen LogP contribution in [0.25, 0.3) is 0 Å². The first-order chi connectivity index (χ1) is 11.7. The topological polar surface area (TPSA) is 64.3 Å². The first-order valence-electron chi connectivity index (χ1n) is 8.40. The van der Waals surface area contributed by atoms with E-state index >= 15 is 0 Å². The van der Waals surface area contributed by atoms with Crippen molar-refractivity contribution in [2.75, 3.05) is 13.2 Å². The average Bonchev–Trinajstić information content (AvgIpc) is 2.62. The number of ether oxygens (including phenoxy) is 1. The number of rotatable bonds is 9. The number of hydrogen-bond acceptors (Lipinski definition) is 3. The van der Waals surface area contributed by atoms with Gasteiger partial charge in [-0.3, -0.25) is 4.79 Å². The highest BCUT2D eigenvalue weighted by Gasteiger charge is 2.11. The highest BCUT2D eigenvalue weighted by Crippen LogP contribution is 2.16. The van der Waals surface area contributed by atoms with E-state index in [1.54, 1.807) is 0 Å². The predicted octanol–water partition coefficient (Wildman–Crippen LogP) is 3.36. The first kappa shape index (κ1) is 18.2. The molecular formula is C20H26N2O2. The van der Waals surface area contributed by atoms with Crippen LogP contribution in [0.3, 0.4) is 0 Å². The van der Waals surface area contributed by atoms with E-state index in [4.69, 9.17) is 10.5 Å². The number of hydrogen-bond donors (Lipinski definition) is 2. The molecule has 2 aromatic carbocycles. The van der Waals surface area contributed by atoms with E-state index in [1.165, 1.54) is 0 Å². The molecule has 4 heteroatoms. The number of benzene rings is 2. The molecule has 0 bridgehead atoms. The zero-order valence-corrected chi connectivity index (χ0v) is 14.2. The monoisotopic (exact) mass is 326 g/mol. The molecule has 0 saturated heterocycles. The molecule has 2 aromatic rings. The van der Waals surface area contributed by atoms with Crippen LogP contribution in [-0.2, 0) is 9.53 Å². The van der Waals surface area contributed by atoms with Crippen LogP contribution in [0.15, 0.2) is 60.7 Å². The standard InChI is InChI=1S/C20H26N2O2/c1-16(17-9-4-2-5-10-17)24-14-8-13-22-20(23)15-19(21)18-11-6-3-7-12-18/h2-7,9-12,16,19H,8,13-15,21H2,1H3,(H,22,23). The van der Waals surface area contributed by atoms with Crippen molar-refractivity contribution in [1.82, 2.24) is 5.32 Å². The Balaban J connectivity index is 1.59. The van der Waals surface area contributed by atoms with Crippen LogP contribution >= 0.6 is 0 Å². The van der Waals surface area contributed by atoms with E-state index in [0.29, 0.717) is 19.6 Å². The Labute approximate surface area is 144 Å². The summed E-state index contributed by atoms with van der Waals surface area (Å²) in [5, 5.41) is 2.90. The fraction of sp³-hybridized carbons (Fsp3) is 0.350. The molecule has 1 amide bonds.